The van der Waals surface area contributed by atoms with E-state index in [-0.39, 0.29) is 16.9 Å². The highest BCUT2D eigenvalue weighted by molar-refractivity contribution is 8.00. The van der Waals surface area contributed by atoms with Crippen LogP contribution in [0.4, 0.5) is 5.69 Å². The van der Waals surface area contributed by atoms with Gasteiger partial charge in [0.25, 0.3) is 0 Å². The average molecular weight is 300 g/mol. The second kappa shape index (κ2) is 7.04. The van der Waals surface area contributed by atoms with Gasteiger partial charge in [0.2, 0.25) is 5.91 Å². The molecule has 0 bridgehead atoms. The van der Waals surface area contributed by atoms with Crippen molar-refractivity contribution in [2.75, 3.05) is 5.32 Å². The number of hydrogen-bond acceptors (Lipinski definition) is 4. The summed E-state index contributed by atoms with van der Waals surface area (Å²) in [5.74, 6) is -0.0896. The van der Waals surface area contributed by atoms with Crippen LogP contribution in [-0.2, 0) is 4.79 Å². The van der Waals surface area contributed by atoms with Gasteiger partial charge in [0.1, 0.15) is 0 Å². The normalized spacial score (nSPS) is 11.7. The Labute approximate surface area is 128 Å². The molecule has 0 spiro atoms. The van der Waals surface area contributed by atoms with E-state index in [0.29, 0.717) is 11.3 Å². The topological polar surface area (TPSA) is 59.1 Å². The quantitative estimate of drug-likeness (QED) is 0.679. The molecule has 1 aromatic heterocycles. The van der Waals surface area contributed by atoms with Crippen molar-refractivity contribution in [3.05, 3.63) is 54.2 Å². The van der Waals surface area contributed by atoms with Gasteiger partial charge < -0.3 is 5.32 Å². The summed E-state index contributed by atoms with van der Waals surface area (Å²) in [5.41, 5.74) is 1.31. The minimum atomic E-state index is -0.257. The Morgan fingerprint density at radius 3 is 2.43 bits per heavy atom. The lowest BCUT2D eigenvalue weighted by molar-refractivity contribution is -0.115. The number of nitrogens with zero attached hydrogens (tertiary/aromatic N) is 1. The smallest absolute Gasteiger partial charge is 0.237 e. The summed E-state index contributed by atoms with van der Waals surface area (Å²) in [4.78, 5) is 27.5. The average Bonchev–Trinajstić information content (AvgIpc) is 2.48. The zero-order chi connectivity index (χ0) is 15.2. The highest BCUT2D eigenvalue weighted by Gasteiger charge is 2.15. The van der Waals surface area contributed by atoms with Crippen molar-refractivity contribution in [3.63, 3.8) is 0 Å². The third kappa shape index (κ3) is 4.43. The maximum atomic E-state index is 12.1. The third-order valence-electron chi connectivity index (χ3n) is 2.86. The molecule has 1 heterocycles. The molecule has 0 aliphatic carbocycles. The number of nitrogens with one attached hydrogen (secondary N) is 1. The molecule has 21 heavy (non-hydrogen) atoms. The fourth-order valence-corrected chi connectivity index (χ4v) is 2.49. The van der Waals surface area contributed by atoms with E-state index < -0.39 is 0 Å². The number of rotatable bonds is 5. The number of thioether (sulfide) groups is 1. The summed E-state index contributed by atoms with van der Waals surface area (Å²) in [6.07, 6.45) is 1.70. The number of Topliss-reactive ketones (excluding diaryl/α,β-unsaturated/α-hetero) is 1. The van der Waals surface area contributed by atoms with E-state index in [2.05, 4.69) is 10.3 Å². The molecule has 2 rings (SSSR count). The van der Waals surface area contributed by atoms with Crippen molar-refractivity contribution in [3.8, 4) is 0 Å². The summed E-state index contributed by atoms with van der Waals surface area (Å²) < 4.78 is 0. The number of aromatic nitrogens is 1. The number of carbonyl (C=O) groups excluding carboxylic acids is 2. The lowest BCUT2D eigenvalue weighted by atomic mass is 10.1. The van der Waals surface area contributed by atoms with Crippen LogP contribution in [0.25, 0.3) is 0 Å². The number of carbonyl (C=O) groups is 2. The number of ketones is 1. The lowest BCUT2D eigenvalue weighted by Gasteiger charge is -2.11. The minimum Gasteiger partial charge on any atom is -0.325 e. The molecule has 0 saturated carbocycles. The van der Waals surface area contributed by atoms with Crippen LogP contribution in [0, 0.1) is 0 Å². The molecule has 0 unspecified atom stereocenters. The van der Waals surface area contributed by atoms with Gasteiger partial charge >= 0.3 is 0 Å². The molecule has 2 aromatic rings. The van der Waals surface area contributed by atoms with Crippen LogP contribution in [0.15, 0.2) is 53.7 Å². The summed E-state index contributed by atoms with van der Waals surface area (Å²) >= 11 is 1.40. The number of pyridine rings is 1. The molecule has 108 valence electrons. The fraction of sp³-hybridized carbons (Fsp3) is 0.188. The summed E-state index contributed by atoms with van der Waals surface area (Å²) in [6, 6.07) is 12.5. The van der Waals surface area contributed by atoms with E-state index in [0.717, 1.165) is 5.03 Å². The lowest BCUT2D eigenvalue weighted by Crippen LogP contribution is -2.22. The Kier molecular flexibility index (Phi) is 5.11. The zero-order valence-electron chi connectivity index (χ0n) is 11.9. The molecule has 1 N–H and O–H groups in total. The molecule has 0 radical (unpaired) electrons. The van der Waals surface area contributed by atoms with Gasteiger partial charge in [-0.1, -0.05) is 17.8 Å². The van der Waals surface area contributed by atoms with Crippen molar-refractivity contribution in [1.82, 2.24) is 4.98 Å². The summed E-state index contributed by atoms with van der Waals surface area (Å²) in [7, 11) is 0. The van der Waals surface area contributed by atoms with Gasteiger partial charge in [-0.2, -0.15) is 0 Å². The van der Waals surface area contributed by atoms with E-state index in [4.69, 9.17) is 0 Å². The molecule has 5 heteroatoms. The van der Waals surface area contributed by atoms with Gasteiger partial charge in [0.15, 0.2) is 5.78 Å². The van der Waals surface area contributed by atoms with Crippen molar-refractivity contribution in [2.24, 2.45) is 0 Å². The Morgan fingerprint density at radius 2 is 1.86 bits per heavy atom. The maximum Gasteiger partial charge on any atom is 0.237 e. The Balaban J connectivity index is 1.95. The van der Waals surface area contributed by atoms with E-state index in [1.807, 2.05) is 25.1 Å². The van der Waals surface area contributed by atoms with E-state index in [9.17, 15) is 9.59 Å². The first-order chi connectivity index (χ1) is 10.1. The Hall–Kier alpha value is -2.14. The number of amides is 1. The molecular weight excluding hydrogens is 284 g/mol. The molecule has 4 nitrogen and oxygen atoms in total. The first-order valence-corrected chi connectivity index (χ1v) is 7.44. The molecule has 1 atom stereocenters. The Morgan fingerprint density at radius 1 is 1.14 bits per heavy atom. The molecule has 0 fully saturated rings. The largest absolute Gasteiger partial charge is 0.325 e. The fourth-order valence-electron chi connectivity index (χ4n) is 1.68. The molecule has 0 aliphatic rings. The third-order valence-corrected chi connectivity index (χ3v) is 3.91. The highest BCUT2D eigenvalue weighted by atomic mass is 32.2. The van der Waals surface area contributed by atoms with E-state index in [1.165, 1.54) is 18.7 Å². The highest BCUT2D eigenvalue weighted by Crippen LogP contribution is 2.21. The van der Waals surface area contributed by atoms with Gasteiger partial charge in [-0.05, 0) is 50.2 Å². The van der Waals surface area contributed by atoms with Crippen LogP contribution in [0.2, 0.25) is 0 Å². The van der Waals surface area contributed by atoms with Gasteiger partial charge in [-0.25, -0.2) is 4.98 Å². The minimum absolute atomic E-state index is 0.00644. The van der Waals surface area contributed by atoms with Gasteiger partial charge in [0.05, 0.1) is 10.3 Å². The standard InChI is InChI=1S/C16H16N2O2S/c1-11(19)13-6-8-14(9-7-13)18-16(20)12(2)21-15-5-3-4-10-17-15/h3-10,12H,1-2H3,(H,18,20)/t12-/m0/s1. The van der Waals surface area contributed by atoms with Crippen molar-refractivity contribution in [1.29, 1.82) is 0 Å². The van der Waals surface area contributed by atoms with Crippen LogP contribution in [0.5, 0.6) is 0 Å². The Bertz CT molecular complexity index is 626. The second-order valence-corrected chi connectivity index (χ2v) is 5.91. The van der Waals surface area contributed by atoms with Crippen LogP contribution >= 0.6 is 11.8 Å². The number of benzene rings is 1. The van der Waals surface area contributed by atoms with Crippen LogP contribution < -0.4 is 5.32 Å². The van der Waals surface area contributed by atoms with Gasteiger partial charge in [-0.3, -0.25) is 9.59 Å². The first-order valence-electron chi connectivity index (χ1n) is 6.56. The van der Waals surface area contributed by atoms with Crippen molar-refractivity contribution >= 4 is 29.1 Å². The molecule has 1 aromatic carbocycles. The van der Waals surface area contributed by atoms with Gasteiger partial charge in [-0.15, -0.1) is 0 Å². The molecule has 0 aliphatic heterocycles. The van der Waals surface area contributed by atoms with Crippen molar-refractivity contribution in [2.45, 2.75) is 24.1 Å². The SMILES string of the molecule is CC(=O)c1ccc(NC(=O)[C@H](C)Sc2ccccn2)cc1. The zero-order valence-corrected chi connectivity index (χ0v) is 12.7. The summed E-state index contributed by atoms with van der Waals surface area (Å²) in [5, 5.41) is 3.38. The molecular formula is C16H16N2O2S. The first kappa shape index (κ1) is 15.3. The van der Waals surface area contributed by atoms with E-state index in [1.54, 1.807) is 30.5 Å². The van der Waals surface area contributed by atoms with Gasteiger partial charge in [0, 0.05) is 17.4 Å². The maximum absolute atomic E-state index is 12.1. The number of anilines is 1. The van der Waals surface area contributed by atoms with E-state index >= 15 is 0 Å². The van der Waals surface area contributed by atoms with Crippen LogP contribution in [0.3, 0.4) is 0 Å². The second-order valence-electron chi connectivity index (χ2n) is 4.55. The molecule has 0 saturated heterocycles. The van der Waals surface area contributed by atoms with Crippen molar-refractivity contribution < 1.29 is 9.59 Å². The summed E-state index contributed by atoms with van der Waals surface area (Å²) in [6.45, 7) is 3.35. The molecule has 1 amide bonds. The monoisotopic (exact) mass is 300 g/mol. The predicted octanol–water partition coefficient (Wildman–Crippen LogP) is 3.40. The van der Waals surface area contributed by atoms with Crippen LogP contribution in [0.1, 0.15) is 24.2 Å². The number of hydrogen-bond donors (Lipinski definition) is 1. The predicted molar refractivity (Wildman–Crippen MR) is 84.6 cm³/mol. The van der Waals surface area contributed by atoms with Crippen LogP contribution in [-0.4, -0.2) is 21.9 Å².